The van der Waals surface area contributed by atoms with Gasteiger partial charge in [-0.3, -0.25) is 9.69 Å². The Kier molecular flexibility index (Phi) is 5.50. The summed E-state index contributed by atoms with van der Waals surface area (Å²) in [6.45, 7) is 5.35. The van der Waals surface area contributed by atoms with Crippen LogP contribution in [0.3, 0.4) is 0 Å². The second kappa shape index (κ2) is 7.36. The maximum Gasteiger partial charge on any atom is 0.323 e. The standard InChI is InChI=1S/C15H24N4O2/c1-12-4-3-6-19(7-5-12)10-13-8-16-15(17-9-13)18(2)11-14(20)21/h8-9,12H,3-7,10-11H2,1-2H3,(H,20,21)/t12-/m1/s1. The van der Waals surface area contributed by atoms with Crippen molar-refractivity contribution in [1.82, 2.24) is 14.9 Å². The van der Waals surface area contributed by atoms with Crippen LogP contribution in [0, 0.1) is 5.92 Å². The number of carboxylic acid groups (broad SMARTS) is 1. The zero-order valence-electron chi connectivity index (χ0n) is 12.8. The van der Waals surface area contributed by atoms with Gasteiger partial charge in [0.25, 0.3) is 0 Å². The number of aromatic nitrogens is 2. The van der Waals surface area contributed by atoms with E-state index in [4.69, 9.17) is 5.11 Å². The molecule has 1 aliphatic heterocycles. The van der Waals surface area contributed by atoms with Gasteiger partial charge in [-0.25, -0.2) is 9.97 Å². The first-order valence-electron chi connectivity index (χ1n) is 7.51. The molecule has 116 valence electrons. The number of likely N-dealkylation sites (tertiary alicyclic amines) is 1. The summed E-state index contributed by atoms with van der Waals surface area (Å²) in [7, 11) is 1.68. The molecule has 1 N–H and O–H groups in total. The van der Waals surface area contributed by atoms with Gasteiger partial charge in [-0.2, -0.15) is 0 Å². The van der Waals surface area contributed by atoms with Gasteiger partial charge in [-0.1, -0.05) is 6.92 Å². The highest BCUT2D eigenvalue weighted by Crippen LogP contribution is 2.18. The largest absolute Gasteiger partial charge is 0.480 e. The van der Waals surface area contributed by atoms with E-state index >= 15 is 0 Å². The average molecular weight is 292 g/mol. The summed E-state index contributed by atoms with van der Waals surface area (Å²) in [5.74, 6) is 0.382. The molecule has 6 nitrogen and oxygen atoms in total. The highest BCUT2D eigenvalue weighted by Gasteiger charge is 2.14. The number of carboxylic acids is 1. The summed E-state index contributed by atoms with van der Waals surface area (Å²) in [5, 5.41) is 8.76. The molecule has 2 rings (SSSR count). The van der Waals surface area contributed by atoms with E-state index in [9.17, 15) is 4.79 Å². The van der Waals surface area contributed by atoms with E-state index in [2.05, 4.69) is 21.8 Å². The van der Waals surface area contributed by atoms with Gasteiger partial charge in [0, 0.05) is 31.5 Å². The summed E-state index contributed by atoms with van der Waals surface area (Å²) in [6, 6.07) is 0. The molecule has 0 unspecified atom stereocenters. The van der Waals surface area contributed by atoms with Gasteiger partial charge in [0.2, 0.25) is 5.95 Å². The highest BCUT2D eigenvalue weighted by molar-refractivity contribution is 5.72. The third kappa shape index (κ3) is 4.97. The Labute approximate surface area is 125 Å². The second-order valence-electron chi connectivity index (χ2n) is 5.95. The maximum atomic E-state index is 10.7. The molecule has 2 heterocycles. The molecule has 0 bridgehead atoms. The van der Waals surface area contributed by atoms with Crippen LogP contribution in [0.5, 0.6) is 0 Å². The van der Waals surface area contributed by atoms with Gasteiger partial charge in [-0.05, 0) is 38.3 Å². The van der Waals surface area contributed by atoms with Crippen LogP contribution < -0.4 is 4.90 Å². The lowest BCUT2D eigenvalue weighted by molar-refractivity contribution is -0.135. The van der Waals surface area contributed by atoms with E-state index in [0.29, 0.717) is 5.95 Å². The second-order valence-corrected chi connectivity index (χ2v) is 5.95. The number of carbonyl (C=O) groups is 1. The predicted molar refractivity (Wildman–Crippen MR) is 81.2 cm³/mol. The van der Waals surface area contributed by atoms with Crippen LogP contribution in [0.1, 0.15) is 31.7 Å². The monoisotopic (exact) mass is 292 g/mol. The minimum Gasteiger partial charge on any atom is -0.480 e. The molecular formula is C15H24N4O2. The lowest BCUT2D eigenvalue weighted by Crippen LogP contribution is -2.27. The molecule has 0 radical (unpaired) electrons. The van der Waals surface area contributed by atoms with Gasteiger partial charge in [0.1, 0.15) is 6.54 Å². The van der Waals surface area contributed by atoms with Crippen molar-refractivity contribution in [2.45, 2.75) is 32.7 Å². The Morgan fingerprint density at radius 1 is 1.38 bits per heavy atom. The Morgan fingerprint density at radius 2 is 2.10 bits per heavy atom. The third-order valence-electron chi connectivity index (χ3n) is 3.92. The molecule has 1 saturated heterocycles. The molecule has 0 aliphatic carbocycles. The van der Waals surface area contributed by atoms with E-state index in [1.807, 2.05) is 0 Å². The maximum absolute atomic E-state index is 10.7. The molecule has 0 aromatic carbocycles. The van der Waals surface area contributed by atoms with Crippen LogP contribution in [0.2, 0.25) is 0 Å². The van der Waals surface area contributed by atoms with E-state index in [1.54, 1.807) is 19.4 Å². The van der Waals surface area contributed by atoms with Crippen molar-refractivity contribution < 1.29 is 9.90 Å². The zero-order chi connectivity index (χ0) is 15.2. The number of likely N-dealkylation sites (N-methyl/N-ethyl adjacent to an activating group) is 1. The fourth-order valence-electron chi connectivity index (χ4n) is 2.64. The minimum atomic E-state index is -0.885. The number of aliphatic carboxylic acids is 1. The molecule has 1 atom stereocenters. The van der Waals surface area contributed by atoms with E-state index in [0.717, 1.165) is 31.1 Å². The number of hydrogen-bond acceptors (Lipinski definition) is 5. The first kappa shape index (κ1) is 15.7. The molecule has 6 heteroatoms. The fourth-order valence-corrected chi connectivity index (χ4v) is 2.64. The summed E-state index contributed by atoms with van der Waals surface area (Å²) in [6.07, 6.45) is 7.41. The highest BCUT2D eigenvalue weighted by atomic mass is 16.4. The minimum absolute atomic E-state index is 0.0939. The lowest BCUT2D eigenvalue weighted by atomic mass is 10.0. The molecular weight excluding hydrogens is 268 g/mol. The van der Waals surface area contributed by atoms with E-state index < -0.39 is 5.97 Å². The number of rotatable bonds is 5. The quantitative estimate of drug-likeness (QED) is 0.889. The van der Waals surface area contributed by atoms with Crippen LogP contribution in [-0.4, -0.2) is 52.6 Å². The first-order valence-corrected chi connectivity index (χ1v) is 7.51. The van der Waals surface area contributed by atoms with Crippen molar-refractivity contribution in [2.75, 3.05) is 31.6 Å². The van der Waals surface area contributed by atoms with Crippen molar-refractivity contribution in [3.63, 3.8) is 0 Å². The Bertz CT molecular complexity index is 463. The molecule has 1 aromatic rings. The van der Waals surface area contributed by atoms with Crippen molar-refractivity contribution in [1.29, 1.82) is 0 Å². The molecule has 1 fully saturated rings. The van der Waals surface area contributed by atoms with Gasteiger partial charge < -0.3 is 10.0 Å². The van der Waals surface area contributed by atoms with Crippen LogP contribution in [0.15, 0.2) is 12.4 Å². The molecule has 1 aromatic heterocycles. The van der Waals surface area contributed by atoms with Gasteiger partial charge in [0.05, 0.1) is 0 Å². The average Bonchev–Trinajstić information content (AvgIpc) is 2.64. The lowest BCUT2D eigenvalue weighted by Gasteiger charge is -2.20. The van der Waals surface area contributed by atoms with Crippen molar-refractivity contribution in [3.8, 4) is 0 Å². The third-order valence-corrected chi connectivity index (χ3v) is 3.92. The van der Waals surface area contributed by atoms with Gasteiger partial charge in [-0.15, -0.1) is 0 Å². The van der Waals surface area contributed by atoms with Crippen molar-refractivity contribution in [3.05, 3.63) is 18.0 Å². The normalized spacial score (nSPS) is 20.0. The first-order chi connectivity index (χ1) is 10.0. The molecule has 21 heavy (non-hydrogen) atoms. The number of nitrogens with zero attached hydrogens (tertiary/aromatic N) is 4. The molecule has 0 spiro atoms. The Morgan fingerprint density at radius 3 is 2.76 bits per heavy atom. The predicted octanol–water partition coefficient (Wildman–Crippen LogP) is 1.62. The van der Waals surface area contributed by atoms with Crippen LogP contribution in [0.25, 0.3) is 0 Å². The molecule has 1 aliphatic rings. The Balaban J connectivity index is 1.91. The topological polar surface area (TPSA) is 69.6 Å². The summed E-state index contributed by atoms with van der Waals surface area (Å²) in [4.78, 5) is 23.2. The Hall–Kier alpha value is -1.69. The zero-order valence-corrected chi connectivity index (χ0v) is 12.8. The summed E-state index contributed by atoms with van der Waals surface area (Å²) in [5.41, 5.74) is 1.08. The van der Waals surface area contributed by atoms with Crippen LogP contribution in [0.4, 0.5) is 5.95 Å². The van der Waals surface area contributed by atoms with Crippen LogP contribution >= 0.6 is 0 Å². The smallest absolute Gasteiger partial charge is 0.323 e. The van der Waals surface area contributed by atoms with Gasteiger partial charge in [0.15, 0.2) is 0 Å². The van der Waals surface area contributed by atoms with Crippen molar-refractivity contribution >= 4 is 11.9 Å². The van der Waals surface area contributed by atoms with Gasteiger partial charge >= 0.3 is 5.97 Å². The van der Waals surface area contributed by atoms with E-state index in [1.165, 1.54) is 24.2 Å². The van der Waals surface area contributed by atoms with E-state index in [-0.39, 0.29) is 6.54 Å². The molecule has 0 saturated carbocycles. The summed E-state index contributed by atoms with van der Waals surface area (Å²) >= 11 is 0. The van der Waals surface area contributed by atoms with Crippen molar-refractivity contribution in [2.24, 2.45) is 5.92 Å². The number of hydrogen-bond donors (Lipinski definition) is 1. The summed E-state index contributed by atoms with van der Waals surface area (Å²) < 4.78 is 0. The molecule has 0 amide bonds. The fraction of sp³-hybridized carbons (Fsp3) is 0.667. The number of anilines is 1. The van der Waals surface area contributed by atoms with Crippen LogP contribution in [-0.2, 0) is 11.3 Å². The SMILES string of the molecule is C[C@@H]1CCCN(Cc2cnc(N(C)CC(=O)O)nc2)CC1.